The van der Waals surface area contributed by atoms with Crippen LogP contribution < -0.4 is 10.6 Å². The summed E-state index contributed by atoms with van der Waals surface area (Å²) in [4.78, 5) is 13.0. The minimum Gasteiger partial charge on any atom is -0.390 e. The number of aliphatic hydroxyl groups excluding tert-OH is 1. The molecule has 0 saturated heterocycles. The predicted octanol–water partition coefficient (Wildman–Crippen LogP) is 3.06. The number of aromatic nitrogens is 4. The molecule has 2 unspecified atom stereocenters. The van der Waals surface area contributed by atoms with Gasteiger partial charge in [0.05, 0.1) is 12.1 Å². The van der Waals surface area contributed by atoms with Crippen molar-refractivity contribution in [2.75, 3.05) is 6.54 Å². The van der Waals surface area contributed by atoms with Gasteiger partial charge >= 0.3 is 0 Å². The van der Waals surface area contributed by atoms with Crippen molar-refractivity contribution in [3.8, 4) is 11.4 Å². The summed E-state index contributed by atoms with van der Waals surface area (Å²) in [5.74, 6) is -1.49. The summed E-state index contributed by atoms with van der Waals surface area (Å²) in [6, 6.07) is 19.6. The van der Waals surface area contributed by atoms with Crippen molar-refractivity contribution in [3.63, 3.8) is 0 Å². The highest BCUT2D eigenvalue weighted by Crippen LogP contribution is 2.15. The summed E-state index contributed by atoms with van der Waals surface area (Å²) in [5, 5.41) is 28.6. The van der Waals surface area contributed by atoms with E-state index in [2.05, 4.69) is 45.2 Å². The Labute approximate surface area is 219 Å². The van der Waals surface area contributed by atoms with Crippen LogP contribution in [0.3, 0.4) is 0 Å². The molecule has 8 nitrogen and oxygen atoms in total. The number of aliphatic hydroxyl groups is 1. The Morgan fingerprint density at radius 2 is 1.71 bits per heavy atom. The zero-order valence-corrected chi connectivity index (χ0v) is 21.0. The summed E-state index contributed by atoms with van der Waals surface area (Å²) < 4.78 is 29.0. The van der Waals surface area contributed by atoms with Crippen molar-refractivity contribution in [1.29, 1.82) is 0 Å². The first-order chi connectivity index (χ1) is 18.4. The molecule has 3 N–H and O–H groups in total. The van der Waals surface area contributed by atoms with Gasteiger partial charge in [-0.25, -0.2) is 13.5 Å². The summed E-state index contributed by atoms with van der Waals surface area (Å²) >= 11 is 0. The topological polar surface area (TPSA) is 105 Å². The Morgan fingerprint density at radius 3 is 2.45 bits per heavy atom. The number of nitrogens with one attached hydrogen (secondary N) is 2. The zero-order chi connectivity index (χ0) is 26.9. The number of rotatable bonds is 12. The van der Waals surface area contributed by atoms with Crippen LogP contribution in [0.2, 0.25) is 0 Å². The lowest BCUT2D eigenvalue weighted by Crippen LogP contribution is -2.49. The average Bonchev–Trinajstić information content (AvgIpc) is 3.36. The lowest BCUT2D eigenvalue weighted by atomic mass is 10.0. The Hall–Kier alpha value is -4.02. The smallest absolute Gasteiger partial charge is 0.242 e. The van der Waals surface area contributed by atoms with E-state index in [1.54, 1.807) is 0 Å². The molecule has 4 rings (SSSR count). The number of carbonyl (C=O) groups is 1. The molecule has 198 valence electrons. The second-order valence-corrected chi connectivity index (χ2v) is 9.05. The Morgan fingerprint density at radius 1 is 0.974 bits per heavy atom. The number of benzene rings is 3. The van der Waals surface area contributed by atoms with E-state index in [1.165, 1.54) is 22.4 Å². The van der Waals surface area contributed by atoms with Crippen LogP contribution in [0.25, 0.3) is 11.4 Å². The molecule has 0 aliphatic heterocycles. The first kappa shape index (κ1) is 27.0. The molecule has 1 amide bonds. The van der Waals surface area contributed by atoms with Crippen LogP contribution in [0.1, 0.15) is 23.6 Å². The second kappa shape index (κ2) is 13.0. The number of tetrazole rings is 1. The highest BCUT2D eigenvalue weighted by Gasteiger charge is 2.23. The lowest BCUT2D eigenvalue weighted by Gasteiger charge is -2.25. The molecule has 0 fully saturated rings. The van der Waals surface area contributed by atoms with Crippen molar-refractivity contribution < 1.29 is 18.7 Å². The van der Waals surface area contributed by atoms with E-state index in [1.807, 2.05) is 42.5 Å². The number of carbonyl (C=O) groups excluding carboxylic acids is 1. The summed E-state index contributed by atoms with van der Waals surface area (Å²) in [7, 11) is 0. The number of aryl methyl sites for hydroxylation is 1. The maximum absolute atomic E-state index is 13.8. The fourth-order valence-electron chi connectivity index (χ4n) is 4.23. The van der Waals surface area contributed by atoms with E-state index in [4.69, 9.17) is 0 Å². The molecule has 0 spiro atoms. The van der Waals surface area contributed by atoms with Crippen molar-refractivity contribution in [1.82, 2.24) is 30.8 Å². The molecule has 38 heavy (non-hydrogen) atoms. The van der Waals surface area contributed by atoms with Gasteiger partial charge in [0.25, 0.3) is 0 Å². The third kappa shape index (κ3) is 7.50. The van der Waals surface area contributed by atoms with E-state index in [-0.39, 0.29) is 19.5 Å². The van der Waals surface area contributed by atoms with Crippen LogP contribution in [0.5, 0.6) is 0 Å². The second-order valence-electron chi connectivity index (χ2n) is 9.05. The standard InChI is InChI=1S/C28H30F2N6O2/c1-2-19-7-6-8-20(11-19)16-31-17-26(37)25(14-21-12-23(29)15-24(30)13-21)32-27(38)18-36-28(33-34-35-36)22-9-4-3-5-10-22/h3-13,15,25-26,31,37H,2,14,16-18H2,1H3,(H,32,38). The summed E-state index contributed by atoms with van der Waals surface area (Å²) in [5.41, 5.74) is 3.33. The molecule has 0 aliphatic rings. The van der Waals surface area contributed by atoms with E-state index in [0.717, 1.165) is 23.6 Å². The van der Waals surface area contributed by atoms with E-state index in [0.29, 0.717) is 17.9 Å². The molecule has 2 atom stereocenters. The number of amides is 1. The van der Waals surface area contributed by atoms with Crippen molar-refractivity contribution >= 4 is 5.91 Å². The van der Waals surface area contributed by atoms with E-state index in [9.17, 15) is 18.7 Å². The maximum atomic E-state index is 13.8. The minimum atomic E-state index is -1.04. The number of hydrogen-bond donors (Lipinski definition) is 3. The van der Waals surface area contributed by atoms with Gasteiger partial charge in [-0.05, 0) is 52.1 Å². The van der Waals surface area contributed by atoms with Crippen LogP contribution >= 0.6 is 0 Å². The highest BCUT2D eigenvalue weighted by atomic mass is 19.1. The molecule has 0 saturated carbocycles. The van der Waals surface area contributed by atoms with E-state index >= 15 is 0 Å². The quantitative estimate of drug-likeness (QED) is 0.265. The molecule has 0 bridgehead atoms. The van der Waals surface area contributed by atoms with Gasteiger partial charge in [-0.3, -0.25) is 4.79 Å². The van der Waals surface area contributed by atoms with Crippen LogP contribution in [0, 0.1) is 11.6 Å². The van der Waals surface area contributed by atoms with Crippen molar-refractivity contribution in [2.24, 2.45) is 0 Å². The van der Waals surface area contributed by atoms with Crippen molar-refractivity contribution in [3.05, 3.63) is 101 Å². The number of nitrogens with zero attached hydrogens (tertiary/aromatic N) is 4. The van der Waals surface area contributed by atoms with Crippen molar-refractivity contribution in [2.45, 2.75) is 45.0 Å². The normalized spacial score (nSPS) is 12.7. The van der Waals surface area contributed by atoms with E-state index < -0.39 is 29.7 Å². The van der Waals surface area contributed by atoms with Gasteiger partial charge in [-0.2, -0.15) is 0 Å². The fourth-order valence-corrected chi connectivity index (χ4v) is 4.23. The zero-order valence-electron chi connectivity index (χ0n) is 21.0. The van der Waals surface area contributed by atoms with Gasteiger partial charge in [0.1, 0.15) is 18.2 Å². The first-order valence-corrected chi connectivity index (χ1v) is 12.4. The third-order valence-corrected chi connectivity index (χ3v) is 6.13. The molecule has 1 heterocycles. The van der Waals surface area contributed by atoms with Gasteiger partial charge in [0.2, 0.25) is 5.91 Å². The number of hydrogen-bond acceptors (Lipinski definition) is 6. The Kier molecular flexibility index (Phi) is 9.23. The molecule has 3 aromatic carbocycles. The highest BCUT2D eigenvalue weighted by molar-refractivity contribution is 5.76. The molecular weight excluding hydrogens is 490 g/mol. The molecule has 10 heteroatoms. The van der Waals surface area contributed by atoms with Crippen LogP contribution in [-0.2, 0) is 30.7 Å². The SMILES string of the molecule is CCc1cccc(CNCC(O)C(Cc2cc(F)cc(F)c2)NC(=O)Cn2nnnc2-c2ccccc2)c1. The van der Waals surface area contributed by atoms with Crippen LogP contribution in [0.15, 0.2) is 72.8 Å². The third-order valence-electron chi connectivity index (χ3n) is 6.13. The van der Waals surface area contributed by atoms with Gasteiger partial charge in [0.15, 0.2) is 5.82 Å². The molecule has 4 aromatic rings. The van der Waals surface area contributed by atoms with Gasteiger partial charge in [-0.1, -0.05) is 61.5 Å². The molecular formula is C28H30F2N6O2. The predicted molar refractivity (Wildman–Crippen MR) is 139 cm³/mol. The Bertz CT molecular complexity index is 1330. The fraction of sp³-hybridized carbons (Fsp3) is 0.286. The van der Waals surface area contributed by atoms with Gasteiger partial charge in [-0.15, -0.1) is 5.10 Å². The summed E-state index contributed by atoms with van der Waals surface area (Å²) in [6.45, 7) is 2.55. The average molecular weight is 521 g/mol. The molecule has 1 aromatic heterocycles. The maximum Gasteiger partial charge on any atom is 0.242 e. The Balaban J connectivity index is 1.44. The lowest BCUT2D eigenvalue weighted by molar-refractivity contribution is -0.123. The molecule has 0 radical (unpaired) electrons. The largest absolute Gasteiger partial charge is 0.390 e. The van der Waals surface area contributed by atoms with Gasteiger partial charge < -0.3 is 15.7 Å². The first-order valence-electron chi connectivity index (χ1n) is 12.4. The van der Waals surface area contributed by atoms with Gasteiger partial charge in [0, 0.05) is 24.7 Å². The summed E-state index contributed by atoms with van der Waals surface area (Å²) in [6.07, 6.45) is -0.0975. The van der Waals surface area contributed by atoms with Crippen LogP contribution in [0.4, 0.5) is 8.78 Å². The van der Waals surface area contributed by atoms with Crippen LogP contribution in [-0.4, -0.2) is 49.9 Å². The number of halogens is 2. The molecule has 0 aliphatic carbocycles. The monoisotopic (exact) mass is 520 g/mol. The minimum absolute atomic E-state index is 0.0235.